The summed E-state index contributed by atoms with van der Waals surface area (Å²) < 4.78 is 9.68. The molecule has 0 aliphatic carbocycles. The minimum absolute atomic E-state index is 0.225. The summed E-state index contributed by atoms with van der Waals surface area (Å²) in [4.78, 5) is 37.2. The van der Waals surface area contributed by atoms with E-state index in [4.69, 9.17) is 9.47 Å². The number of alkyl carbamates (subject to hydrolysis) is 1. The molecule has 8 heteroatoms. The zero-order valence-electron chi connectivity index (χ0n) is 15.5. The zero-order chi connectivity index (χ0) is 19.2. The maximum absolute atomic E-state index is 12.8. The number of hydrogen-bond donors (Lipinski definition) is 1. The number of carbonyl (C=O) groups is 3. The fourth-order valence-corrected chi connectivity index (χ4v) is 2.76. The molecule has 1 heterocycles. The van der Waals surface area contributed by atoms with E-state index in [1.807, 2.05) is 20.8 Å². The highest BCUT2D eigenvalue weighted by atomic mass is 16.7. The van der Waals surface area contributed by atoms with Gasteiger partial charge in [-0.1, -0.05) is 20.8 Å². The number of nitrogens with zero attached hydrogens (tertiary/aromatic N) is 2. The number of hydrogen-bond acceptors (Lipinski definition) is 6. The maximum atomic E-state index is 12.8. The summed E-state index contributed by atoms with van der Waals surface area (Å²) in [5, 5.41) is 11.7. The molecule has 1 aliphatic rings. The quantitative estimate of drug-likeness (QED) is 0.597. The van der Waals surface area contributed by atoms with Gasteiger partial charge < -0.3 is 19.7 Å². The number of esters is 1. The topological polar surface area (TPSA) is 109 Å². The first-order valence-electron chi connectivity index (χ1n) is 8.38. The molecule has 0 bridgehead atoms. The molecule has 8 nitrogen and oxygen atoms in total. The van der Waals surface area contributed by atoms with Crippen LogP contribution in [-0.2, 0) is 19.1 Å². The molecule has 1 aliphatic heterocycles. The summed E-state index contributed by atoms with van der Waals surface area (Å²) in [5.41, 5.74) is -0.225. The van der Waals surface area contributed by atoms with Crippen molar-refractivity contribution in [1.29, 1.82) is 5.26 Å². The van der Waals surface area contributed by atoms with Gasteiger partial charge in [-0.3, -0.25) is 9.59 Å². The van der Waals surface area contributed by atoms with Gasteiger partial charge in [-0.25, -0.2) is 4.79 Å². The molecule has 1 fully saturated rings. The van der Waals surface area contributed by atoms with Crippen molar-refractivity contribution in [2.75, 3.05) is 6.54 Å². The second-order valence-electron chi connectivity index (χ2n) is 7.36. The Labute approximate surface area is 148 Å². The summed E-state index contributed by atoms with van der Waals surface area (Å²) in [6, 6.07) is 0.844. The van der Waals surface area contributed by atoms with Crippen LogP contribution in [0, 0.1) is 16.7 Å². The van der Waals surface area contributed by atoms with Crippen LogP contribution in [0.15, 0.2) is 0 Å². The van der Waals surface area contributed by atoms with Crippen molar-refractivity contribution in [1.82, 2.24) is 10.2 Å². The second-order valence-corrected chi connectivity index (χ2v) is 7.36. The van der Waals surface area contributed by atoms with E-state index in [1.165, 1.54) is 18.7 Å². The van der Waals surface area contributed by atoms with Crippen molar-refractivity contribution < 1.29 is 23.9 Å². The van der Waals surface area contributed by atoms with Gasteiger partial charge in [-0.15, -0.1) is 0 Å². The van der Waals surface area contributed by atoms with Gasteiger partial charge in [-0.2, -0.15) is 5.26 Å². The molecule has 1 saturated heterocycles. The van der Waals surface area contributed by atoms with Crippen LogP contribution in [0.1, 0.15) is 53.9 Å². The first-order valence-corrected chi connectivity index (χ1v) is 8.38. The Bertz CT molecular complexity index is 549. The summed E-state index contributed by atoms with van der Waals surface area (Å²) in [6.45, 7) is 8.97. The number of nitrogens with one attached hydrogen (secondary N) is 1. The second kappa shape index (κ2) is 8.70. The first-order chi connectivity index (χ1) is 11.5. The van der Waals surface area contributed by atoms with Gasteiger partial charge in [0.05, 0.1) is 6.07 Å². The fraction of sp³-hybridized carbons (Fsp3) is 0.765. The summed E-state index contributed by atoms with van der Waals surface area (Å²) in [7, 11) is 0. The smallest absolute Gasteiger partial charge is 0.410 e. The molecular formula is C17H27N3O5. The molecule has 0 aromatic rings. The number of amides is 2. The van der Waals surface area contributed by atoms with Crippen molar-refractivity contribution in [2.24, 2.45) is 5.41 Å². The van der Waals surface area contributed by atoms with Gasteiger partial charge >= 0.3 is 12.1 Å². The lowest BCUT2D eigenvalue weighted by Crippen LogP contribution is -2.51. The van der Waals surface area contributed by atoms with Crippen LogP contribution in [0.2, 0.25) is 0 Å². The van der Waals surface area contributed by atoms with E-state index in [1.54, 1.807) is 0 Å². The van der Waals surface area contributed by atoms with Crippen molar-refractivity contribution in [3.8, 4) is 6.07 Å². The third-order valence-electron chi connectivity index (χ3n) is 3.70. The summed E-state index contributed by atoms with van der Waals surface area (Å²) >= 11 is 0. The molecule has 1 rings (SSSR count). The zero-order valence-corrected chi connectivity index (χ0v) is 15.5. The molecule has 1 N–H and O–H groups in total. The van der Waals surface area contributed by atoms with Crippen LogP contribution < -0.4 is 5.32 Å². The van der Waals surface area contributed by atoms with E-state index in [-0.39, 0.29) is 11.3 Å². The fourth-order valence-electron chi connectivity index (χ4n) is 2.76. The van der Waals surface area contributed by atoms with Gasteiger partial charge in [0.2, 0.25) is 12.2 Å². The van der Waals surface area contributed by atoms with Crippen LogP contribution in [-0.4, -0.2) is 47.8 Å². The van der Waals surface area contributed by atoms with Crippen molar-refractivity contribution >= 4 is 18.0 Å². The Balaban J connectivity index is 2.79. The maximum Gasteiger partial charge on any atom is 0.410 e. The third-order valence-corrected chi connectivity index (χ3v) is 3.70. The predicted molar refractivity (Wildman–Crippen MR) is 89.1 cm³/mol. The molecule has 3 atom stereocenters. The number of nitriles is 1. The minimum atomic E-state index is -1.05. The number of rotatable bonds is 5. The summed E-state index contributed by atoms with van der Waals surface area (Å²) in [6.07, 6.45) is -0.110. The lowest BCUT2D eigenvalue weighted by molar-refractivity contribution is -0.162. The average Bonchev–Trinajstić information content (AvgIpc) is 2.91. The Morgan fingerprint density at radius 2 is 1.96 bits per heavy atom. The monoisotopic (exact) mass is 353 g/mol. The van der Waals surface area contributed by atoms with Gasteiger partial charge in [0.1, 0.15) is 12.1 Å². The molecule has 0 aromatic carbocycles. The number of likely N-dealkylation sites (tertiary alicyclic amines) is 1. The summed E-state index contributed by atoms with van der Waals surface area (Å²) in [5.74, 6) is -0.868. The molecule has 25 heavy (non-hydrogen) atoms. The Morgan fingerprint density at radius 3 is 2.48 bits per heavy atom. The van der Waals surface area contributed by atoms with Crippen LogP contribution >= 0.6 is 0 Å². The van der Waals surface area contributed by atoms with E-state index < -0.39 is 30.4 Å². The molecule has 2 amide bonds. The SMILES string of the molecule is CC(=O)OC(C)OC(=O)NC(CC(C)(C)C)C(=O)N1CCCC1C#N. The molecule has 0 saturated carbocycles. The molecule has 3 unspecified atom stereocenters. The van der Waals surface area contributed by atoms with Gasteiger partial charge in [0, 0.05) is 20.4 Å². The van der Waals surface area contributed by atoms with E-state index in [0.29, 0.717) is 19.4 Å². The van der Waals surface area contributed by atoms with E-state index in [2.05, 4.69) is 11.4 Å². The largest absolute Gasteiger partial charge is 0.426 e. The molecule has 0 radical (unpaired) electrons. The van der Waals surface area contributed by atoms with Crippen LogP contribution in [0.5, 0.6) is 0 Å². The van der Waals surface area contributed by atoms with Crippen molar-refractivity contribution in [2.45, 2.75) is 72.3 Å². The van der Waals surface area contributed by atoms with Crippen LogP contribution in [0.3, 0.4) is 0 Å². The third kappa shape index (κ3) is 6.99. The Hall–Kier alpha value is -2.30. The highest BCUT2D eigenvalue weighted by Gasteiger charge is 2.36. The lowest BCUT2D eigenvalue weighted by Gasteiger charge is -2.30. The molecule has 0 spiro atoms. The van der Waals surface area contributed by atoms with Crippen molar-refractivity contribution in [3.05, 3.63) is 0 Å². The minimum Gasteiger partial charge on any atom is -0.426 e. The molecule has 140 valence electrons. The number of ether oxygens (including phenoxy) is 2. The van der Waals surface area contributed by atoms with Gasteiger partial charge in [0.25, 0.3) is 0 Å². The molecule has 0 aromatic heterocycles. The average molecular weight is 353 g/mol. The van der Waals surface area contributed by atoms with E-state index in [0.717, 1.165) is 6.42 Å². The normalized spacial score (nSPS) is 19.5. The Kier molecular flexibility index (Phi) is 7.22. The molecular weight excluding hydrogens is 326 g/mol. The number of carbonyl (C=O) groups excluding carboxylic acids is 3. The van der Waals surface area contributed by atoms with E-state index >= 15 is 0 Å². The van der Waals surface area contributed by atoms with Gasteiger partial charge in [-0.05, 0) is 24.7 Å². The Morgan fingerprint density at radius 1 is 1.32 bits per heavy atom. The van der Waals surface area contributed by atoms with Crippen LogP contribution in [0.4, 0.5) is 4.79 Å². The standard InChI is InChI=1S/C17H27N3O5/c1-11(21)24-12(2)25-16(23)19-14(9-17(3,4)5)15(22)20-8-6-7-13(20)10-18/h12-14H,6-9H2,1-5H3,(H,19,23). The lowest BCUT2D eigenvalue weighted by atomic mass is 9.87. The van der Waals surface area contributed by atoms with Crippen LogP contribution in [0.25, 0.3) is 0 Å². The van der Waals surface area contributed by atoms with Gasteiger partial charge in [0.15, 0.2) is 0 Å². The first kappa shape index (κ1) is 20.7. The highest BCUT2D eigenvalue weighted by molar-refractivity contribution is 5.86. The van der Waals surface area contributed by atoms with Crippen molar-refractivity contribution in [3.63, 3.8) is 0 Å². The predicted octanol–water partition coefficient (Wildman–Crippen LogP) is 1.94. The van der Waals surface area contributed by atoms with E-state index in [9.17, 15) is 19.6 Å². The highest BCUT2D eigenvalue weighted by Crippen LogP contribution is 2.24.